The lowest BCUT2D eigenvalue weighted by Crippen LogP contribution is -2.22. The second-order valence-electron chi connectivity index (χ2n) is 5.78. The van der Waals surface area contributed by atoms with E-state index in [-0.39, 0.29) is 12.5 Å². The third-order valence-electron chi connectivity index (χ3n) is 4.02. The molecule has 0 unspecified atom stereocenters. The molecule has 1 aromatic rings. The summed E-state index contributed by atoms with van der Waals surface area (Å²) >= 11 is 1.37. The summed E-state index contributed by atoms with van der Waals surface area (Å²) in [5, 5.41) is 12.2. The Kier molecular flexibility index (Phi) is 5.55. The molecule has 1 aromatic carbocycles. The standard InChI is InChI=1S/C18H19N3O2S/c19-10-11-23-15-9-5-4-6-13(15)12-16-17(22)21-18(24-16)20-14-7-2-1-3-8-14/h4-6,9,12,14H,1-3,7-8,11H2,(H,20,21,22)/b16-12+. The van der Waals surface area contributed by atoms with Crippen molar-refractivity contribution in [1.82, 2.24) is 5.32 Å². The predicted octanol–water partition coefficient (Wildman–Crippen LogP) is 3.48. The van der Waals surface area contributed by atoms with Gasteiger partial charge in [-0.15, -0.1) is 0 Å². The van der Waals surface area contributed by atoms with Crippen molar-refractivity contribution in [1.29, 1.82) is 5.26 Å². The Hall–Kier alpha value is -2.26. The first-order valence-electron chi connectivity index (χ1n) is 8.14. The van der Waals surface area contributed by atoms with E-state index in [0.29, 0.717) is 21.9 Å². The minimum absolute atomic E-state index is 0.0199. The lowest BCUT2D eigenvalue weighted by molar-refractivity contribution is -0.115. The Morgan fingerprint density at radius 1 is 1.33 bits per heavy atom. The zero-order valence-corrected chi connectivity index (χ0v) is 14.1. The molecule has 1 heterocycles. The molecule has 0 spiro atoms. The van der Waals surface area contributed by atoms with Crippen LogP contribution in [-0.2, 0) is 4.79 Å². The third kappa shape index (κ3) is 4.18. The van der Waals surface area contributed by atoms with Gasteiger partial charge >= 0.3 is 0 Å². The SMILES string of the molecule is N#CCOc1ccccc1/C=C1/SC(=NC2CCCCC2)NC1=O. The van der Waals surface area contributed by atoms with Gasteiger partial charge in [0.05, 0.1) is 10.9 Å². The highest BCUT2D eigenvalue weighted by Gasteiger charge is 2.25. The van der Waals surface area contributed by atoms with Crippen molar-refractivity contribution in [3.05, 3.63) is 34.7 Å². The van der Waals surface area contributed by atoms with Crippen molar-refractivity contribution in [2.24, 2.45) is 4.99 Å². The van der Waals surface area contributed by atoms with Crippen LogP contribution >= 0.6 is 11.8 Å². The van der Waals surface area contributed by atoms with Crippen molar-refractivity contribution < 1.29 is 9.53 Å². The van der Waals surface area contributed by atoms with Crippen LogP contribution in [0.1, 0.15) is 37.7 Å². The Morgan fingerprint density at radius 3 is 2.92 bits per heavy atom. The number of hydrogen-bond donors (Lipinski definition) is 1. The van der Waals surface area contributed by atoms with E-state index in [2.05, 4.69) is 10.3 Å². The van der Waals surface area contributed by atoms with Crippen LogP contribution in [-0.4, -0.2) is 23.7 Å². The fraction of sp³-hybridized carbons (Fsp3) is 0.389. The highest BCUT2D eigenvalue weighted by atomic mass is 32.2. The zero-order valence-electron chi connectivity index (χ0n) is 13.3. The lowest BCUT2D eigenvalue weighted by Gasteiger charge is -2.17. The van der Waals surface area contributed by atoms with E-state index in [0.717, 1.165) is 18.4 Å². The molecule has 0 radical (unpaired) electrons. The number of benzene rings is 1. The number of amidine groups is 1. The van der Waals surface area contributed by atoms with Gasteiger partial charge in [0.25, 0.3) is 5.91 Å². The minimum atomic E-state index is -0.135. The van der Waals surface area contributed by atoms with Crippen LogP contribution in [0, 0.1) is 11.3 Å². The van der Waals surface area contributed by atoms with Crippen LogP contribution in [0.4, 0.5) is 0 Å². The van der Waals surface area contributed by atoms with Gasteiger partial charge in [0.15, 0.2) is 11.8 Å². The fourth-order valence-corrected chi connectivity index (χ4v) is 3.73. The van der Waals surface area contributed by atoms with Crippen molar-refractivity contribution in [3.8, 4) is 11.8 Å². The van der Waals surface area contributed by atoms with Gasteiger partial charge in [-0.2, -0.15) is 5.26 Å². The number of nitriles is 1. The number of amides is 1. The number of para-hydroxylation sites is 1. The number of ether oxygens (including phenoxy) is 1. The zero-order chi connectivity index (χ0) is 16.8. The number of carbonyl (C=O) groups is 1. The highest BCUT2D eigenvalue weighted by Crippen LogP contribution is 2.30. The van der Waals surface area contributed by atoms with Gasteiger partial charge in [0, 0.05) is 5.56 Å². The molecule has 5 nitrogen and oxygen atoms in total. The smallest absolute Gasteiger partial charge is 0.264 e. The van der Waals surface area contributed by atoms with Gasteiger partial charge in [-0.1, -0.05) is 37.5 Å². The Labute approximate surface area is 145 Å². The first-order valence-corrected chi connectivity index (χ1v) is 8.95. The molecule has 24 heavy (non-hydrogen) atoms. The van der Waals surface area contributed by atoms with Gasteiger partial charge in [-0.3, -0.25) is 9.79 Å². The summed E-state index contributed by atoms with van der Waals surface area (Å²) in [6.07, 6.45) is 7.70. The topological polar surface area (TPSA) is 74.5 Å². The first-order chi connectivity index (χ1) is 11.8. The molecule has 2 aliphatic rings. The number of nitrogens with one attached hydrogen (secondary N) is 1. The molecule has 1 N–H and O–H groups in total. The number of thioether (sulfide) groups is 1. The normalized spacial score (nSPS) is 21.7. The quantitative estimate of drug-likeness (QED) is 0.851. The Balaban J connectivity index is 1.75. The number of nitrogens with zero attached hydrogens (tertiary/aromatic N) is 2. The molecular weight excluding hydrogens is 322 g/mol. The maximum Gasteiger partial charge on any atom is 0.264 e. The van der Waals surface area contributed by atoms with Crippen LogP contribution in [0.25, 0.3) is 6.08 Å². The predicted molar refractivity (Wildman–Crippen MR) is 95.6 cm³/mol. The van der Waals surface area contributed by atoms with E-state index in [9.17, 15) is 4.79 Å². The van der Waals surface area contributed by atoms with Gasteiger partial charge in [-0.05, 0) is 36.7 Å². The molecule has 0 atom stereocenters. The van der Waals surface area contributed by atoms with Gasteiger partial charge in [0.2, 0.25) is 0 Å². The van der Waals surface area contributed by atoms with Crippen LogP contribution in [0.3, 0.4) is 0 Å². The molecule has 1 aliphatic heterocycles. The molecular formula is C18H19N3O2S. The summed E-state index contributed by atoms with van der Waals surface area (Å²) in [7, 11) is 0. The molecule has 0 bridgehead atoms. The van der Waals surface area contributed by atoms with E-state index in [1.54, 1.807) is 12.1 Å². The molecule has 1 amide bonds. The molecule has 2 fully saturated rings. The molecule has 1 saturated heterocycles. The number of carbonyl (C=O) groups excluding carboxylic acids is 1. The van der Waals surface area contributed by atoms with E-state index in [1.165, 1.54) is 31.0 Å². The van der Waals surface area contributed by atoms with Crippen LogP contribution in [0.2, 0.25) is 0 Å². The molecule has 6 heteroatoms. The van der Waals surface area contributed by atoms with E-state index >= 15 is 0 Å². The first kappa shape index (κ1) is 16.6. The summed E-state index contributed by atoms with van der Waals surface area (Å²) < 4.78 is 5.40. The average molecular weight is 341 g/mol. The van der Waals surface area contributed by atoms with Crippen LogP contribution in [0.5, 0.6) is 5.75 Å². The van der Waals surface area contributed by atoms with Crippen LogP contribution < -0.4 is 10.1 Å². The Bertz CT molecular complexity index is 715. The maximum absolute atomic E-state index is 12.2. The summed E-state index contributed by atoms with van der Waals surface area (Å²) in [5.74, 6) is 0.460. The second kappa shape index (κ2) is 8.02. The van der Waals surface area contributed by atoms with Gasteiger partial charge < -0.3 is 10.1 Å². The largest absolute Gasteiger partial charge is 0.478 e. The number of rotatable bonds is 4. The van der Waals surface area contributed by atoms with E-state index in [1.807, 2.05) is 24.3 Å². The average Bonchev–Trinajstić information content (AvgIpc) is 2.94. The highest BCUT2D eigenvalue weighted by molar-refractivity contribution is 8.18. The summed E-state index contributed by atoms with van der Waals surface area (Å²) in [5.41, 5.74) is 0.782. The molecule has 124 valence electrons. The van der Waals surface area contributed by atoms with E-state index in [4.69, 9.17) is 10.00 Å². The van der Waals surface area contributed by atoms with Gasteiger partial charge in [0.1, 0.15) is 11.8 Å². The summed E-state index contributed by atoms with van der Waals surface area (Å²) in [4.78, 5) is 17.5. The monoisotopic (exact) mass is 341 g/mol. The number of aliphatic imine (C=N–C) groups is 1. The second-order valence-corrected chi connectivity index (χ2v) is 6.81. The molecule has 3 rings (SSSR count). The molecule has 0 aromatic heterocycles. The number of hydrogen-bond acceptors (Lipinski definition) is 5. The van der Waals surface area contributed by atoms with E-state index < -0.39 is 0 Å². The fourth-order valence-electron chi connectivity index (χ4n) is 2.85. The lowest BCUT2D eigenvalue weighted by atomic mass is 9.96. The van der Waals surface area contributed by atoms with Crippen LogP contribution in [0.15, 0.2) is 34.2 Å². The minimum Gasteiger partial charge on any atom is -0.478 e. The van der Waals surface area contributed by atoms with Crippen molar-refractivity contribution in [2.75, 3.05) is 6.61 Å². The Morgan fingerprint density at radius 2 is 2.12 bits per heavy atom. The van der Waals surface area contributed by atoms with Gasteiger partial charge in [-0.25, -0.2) is 0 Å². The molecule has 1 aliphatic carbocycles. The van der Waals surface area contributed by atoms with Crippen molar-refractivity contribution in [2.45, 2.75) is 38.1 Å². The van der Waals surface area contributed by atoms with Crippen molar-refractivity contribution >= 4 is 28.9 Å². The third-order valence-corrected chi connectivity index (χ3v) is 4.95. The van der Waals surface area contributed by atoms with Crippen molar-refractivity contribution in [3.63, 3.8) is 0 Å². The summed E-state index contributed by atoms with van der Waals surface area (Å²) in [6, 6.07) is 9.65. The maximum atomic E-state index is 12.2. The summed E-state index contributed by atoms with van der Waals surface area (Å²) in [6.45, 7) is -0.0199. The molecule has 1 saturated carbocycles.